The summed E-state index contributed by atoms with van der Waals surface area (Å²) in [5, 5.41) is 0. The molecule has 3 nitrogen and oxygen atoms in total. The number of hydrogen-bond donors (Lipinski definition) is 0. The van der Waals surface area contributed by atoms with Gasteiger partial charge in [0.2, 0.25) is 0 Å². The molecule has 0 heterocycles. The molecular weight excluding hydrogens is 240 g/mol. The SMILES string of the molecule is COCOCC(C)(C)[C@H](C)COCc1ccccc1. The lowest BCUT2D eigenvalue weighted by Gasteiger charge is -2.31. The molecule has 0 aliphatic heterocycles. The van der Waals surface area contributed by atoms with Crippen molar-refractivity contribution in [2.24, 2.45) is 11.3 Å². The zero-order valence-corrected chi connectivity index (χ0v) is 12.5. The minimum absolute atomic E-state index is 0.0786. The van der Waals surface area contributed by atoms with Crippen molar-refractivity contribution in [3.8, 4) is 0 Å². The fraction of sp³-hybridized carbons (Fsp3) is 0.625. The lowest BCUT2D eigenvalue weighted by atomic mass is 9.81. The van der Waals surface area contributed by atoms with Crippen LogP contribution in [-0.2, 0) is 20.8 Å². The van der Waals surface area contributed by atoms with E-state index in [1.165, 1.54) is 5.56 Å². The van der Waals surface area contributed by atoms with Crippen LogP contribution in [-0.4, -0.2) is 27.1 Å². The molecule has 0 aliphatic rings. The maximum absolute atomic E-state index is 5.79. The van der Waals surface area contributed by atoms with E-state index in [2.05, 4.69) is 32.9 Å². The molecule has 1 atom stereocenters. The third kappa shape index (κ3) is 6.19. The van der Waals surface area contributed by atoms with Crippen LogP contribution < -0.4 is 0 Å². The van der Waals surface area contributed by atoms with Gasteiger partial charge < -0.3 is 14.2 Å². The lowest BCUT2D eigenvalue weighted by molar-refractivity contribution is -0.0770. The first-order valence-corrected chi connectivity index (χ1v) is 6.74. The molecule has 0 saturated carbocycles. The average Bonchev–Trinajstić information content (AvgIpc) is 2.40. The van der Waals surface area contributed by atoms with Crippen molar-refractivity contribution in [3.05, 3.63) is 35.9 Å². The Bertz CT molecular complexity index is 335. The van der Waals surface area contributed by atoms with Gasteiger partial charge in [-0.2, -0.15) is 0 Å². The standard InChI is InChI=1S/C16H26O3/c1-14(16(2,3)12-19-13-17-4)10-18-11-15-8-6-5-7-9-15/h5-9,14H,10-13H2,1-4H3/t14-/m1/s1. The van der Waals surface area contributed by atoms with Gasteiger partial charge in [0.15, 0.2) is 0 Å². The number of hydrogen-bond acceptors (Lipinski definition) is 3. The molecule has 0 unspecified atom stereocenters. The molecule has 0 amide bonds. The summed E-state index contributed by atoms with van der Waals surface area (Å²) in [5.41, 5.74) is 1.29. The maximum Gasteiger partial charge on any atom is 0.146 e. The van der Waals surface area contributed by atoms with Gasteiger partial charge in [0.25, 0.3) is 0 Å². The predicted octanol–water partition coefficient (Wildman–Crippen LogP) is 3.49. The van der Waals surface area contributed by atoms with Crippen molar-refractivity contribution >= 4 is 0 Å². The highest BCUT2D eigenvalue weighted by molar-refractivity contribution is 5.13. The fourth-order valence-electron chi connectivity index (χ4n) is 1.68. The first kappa shape index (κ1) is 16.2. The van der Waals surface area contributed by atoms with Crippen molar-refractivity contribution in [2.75, 3.05) is 27.1 Å². The summed E-state index contributed by atoms with van der Waals surface area (Å²) in [6.45, 7) is 9.01. The van der Waals surface area contributed by atoms with E-state index in [0.717, 1.165) is 6.61 Å². The van der Waals surface area contributed by atoms with E-state index in [4.69, 9.17) is 14.2 Å². The summed E-state index contributed by atoms with van der Waals surface area (Å²) < 4.78 is 16.1. The Morgan fingerprint density at radius 3 is 2.42 bits per heavy atom. The lowest BCUT2D eigenvalue weighted by Crippen LogP contribution is -2.31. The van der Waals surface area contributed by atoms with Crippen LogP contribution in [0, 0.1) is 11.3 Å². The van der Waals surface area contributed by atoms with E-state index in [1.807, 2.05) is 18.2 Å². The van der Waals surface area contributed by atoms with Crippen molar-refractivity contribution in [2.45, 2.75) is 27.4 Å². The fourth-order valence-corrected chi connectivity index (χ4v) is 1.68. The van der Waals surface area contributed by atoms with E-state index >= 15 is 0 Å². The second-order valence-electron chi connectivity index (χ2n) is 5.65. The molecule has 0 spiro atoms. The highest BCUT2D eigenvalue weighted by atomic mass is 16.7. The van der Waals surface area contributed by atoms with Gasteiger partial charge in [-0.1, -0.05) is 51.1 Å². The Morgan fingerprint density at radius 2 is 1.79 bits per heavy atom. The molecule has 0 aromatic heterocycles. The van der Waals surface area contributed by atoms with Gasteiger partial charge in [-0.3, -0.25) is 0 Å². The molecule has 0 N–H and O–H groups in total. The minimum Gasteiger partial charge on any atom is -0.376 e. The van der Waals surface area contributed by atoms with Crippen LogP contribution in [0.4, 0.5) is 0 Å². The molecule has 3 heteroatoms. The zero-order valence-electron chi connectivity index (χ0n) is 12.5. The minimum atomic E-state index is 0.0786. The monoisotopic (exact) mass is 266 g/mol. The average molecular weight is 266 g/mol. The smallest absolute Gasteiger partial charge is 0.146 e. The van der Waals surface area contributed by atoms with E-state index in [-0.39, 0.29) is 5.41 Å². The predicted molar refractivity (Wildman–Crippen MR) is 76.9 cm³/mol. The Morgan fingerprint density at radius 1 is 1.11 bits per heavy atom. The first-order valence-electron chi connectivity index (χ1n) is 6.74. The summed E-state index contributed by atoms with van der Waals surface area (Å²) >= 11 is 0. The van der Waals surface area contributed by atoms with Gasteiger partial charge in [0.1, 0.15) is 6.79 Å². The number of rotatable bonds is 9. The van der Waals surface area contributed by atoms with Gasteiger partial charge in [0, 0.05) is 7.11 Å². The molecule has 0 radical (unpaired) electrons. The second-order valence-corrected chi connectivity index (χ2v) is 5.65. The van der Waals surface area contributed by atoms with Gasteiger partial charge >= 0.3 is 0 Å². The molecule has 0 saturated heterocycles. The van der Waals surface area contributed by atoms with E-state index in [1.54, 1.807) is 7.11 Å². The molecule has 1 aromatic rings. The highest BCUT2D eigenvalue weighted by Crippen LogP contribution is 2.27. The van der Waals surface area contributed by atoms with Gasteiger partial charge in [-0.15, -0.1) is 0 Å². The Kier molecular flexibility index (Phi) is 7.06. The second kappa shape index (κ2) is 8.31. The third-order valence-corrected chi connectivity index (χ3v) is 3.49. The molecule has 0 fully saturated rings. The topological polar surface area (TPSA) is 27.7 Å². The molecule has 19 heavy (non-hydrogen) atoms. The molecule has 1 aromatic carbocycles. The van der Waals surface area contributed by atoms with Crippen LogP contribution >= 0.6 is 0 Å². The number of methoxy groups -OCH3 is 1. The van der Waals surface area contributed by atoms with Gasteiger partial charge in [-0.05, 0) is 16.9 Å². The van der Waals surface area contributed by atoms with Crippen molar-refractivity contribution in [1.29, 1.82) is 0 Å². The molecule has 108 valence electrons. The van der Waals surface area contributed by atoms with Crippen LogP contribution in [0.25, 0.3) is 0 Å². The Balaban J connectivity index is 2.27. The van der Waals surface area contributed by atoms with E-state index in [9.17, 15) is 0 Å². The number of ether oxygens (including phenoxy) is 3. The molecular formula is C16H26O3. The largest absolute Gasteiger partial charge is 0.376 e. The van der Waals surface area contributed by atoms with Crippen LogP contribution in [0.1, 0.15) is 26.3 Å². The Hall–Kier alpha value is -0.900. The zero-order chi connectivity index (χ0) is 14.1. The summed E-state index contributed by atoms with van der Waals surface area (Å²) in [5.74, 6) is 0.424. The third-order valence-electron chi connectivity index (χ3n) is 3.49. The first-order chi connectivity index (χ1) is 9.06. The van der Waals surface area contributed by atoms with Crippen LogP contribution in [0.2, 0.25) is 0 Å². The van der Waals surface area contributed by atoms with Gasteiger partial charge in [-0.25, -0.2) is 0 Å². The normalized spacial score (nSPS) is 13.5. The number of benzene rings is 1. The van der Waals surface area contributed by atoms with Crippen LogP contribution in [0.5, 0.6) is 0 Å². The Labute approximate surface area is 116 Å². The molecule has 1 rings (SSSR count). The van der Waals surface area contributed by atoms with Crippen LogP contribution in [0.15, 0.2) is 30.3 Å². The maximum atomic E-state index is 5.79. The highest BCUT2D eigenvalue weighted by Gasteiger charge is 2.26. The van der Waals surface area contributed by atoms with Crippen molar-refractivity contribution < 1.29 is 14.2 Å². The summed E-state index contributed by atoms with van der Waals surface area (Å²) in [7, 11) is 1.64. The summed E-state index contributed by atoms with van der Waals surface area (Å²) in [6.07, 6.45) is 0. The summed E-state index contributed by atoms with van der Waals surface area (Å²) in [4.78, 5) is 0. The van der Waals surface area contributed by atoms with E-state index in [0.29, 0.717) is 25.9 Å². The van der Waals surface area contributed by atoms with Crippen molar-refractivity contribution in [1.82, 2.24) is 0 Å². The molecule has 0 bridgehead atoms. The van der Waals surface area contributed by atoms with Gasteiger partial charge in [0.05, 0.1) is 19.8 Å². The van der Waals surface area contributed by atoms with Crippen molar-refractivity contribution in [3.63, 3.8) is 0 Å². The quantitative estimate of drug-likeness (QED) is 0.506. The molecule has 0 aliphatic carbocycles. The summed E-state index contributed by atoms with van der Waals surface area (Å²) in [6, 6.07) is 10.2. The van der Waals surface area contributed by atoms with Crippen LogP contribution in [0.3, 0.4) is 0 Å². The van der Waals surface area contributed by atoms with E-state index < -0.39 is 0 Å².